The van der Waals surface area contributed by atoms with Crippen molar-refractivity contribution in [2.75, 3.05) is 33.7 Å². The van der Waals surface area contributed by atoms with Gasteiger partial charge in [-0.25, -0.2) is 0 Å². The van der Waals surface area contributed by atoms with Crippen LogP contribution >= 0.6 is 24.8 Å². The first-order valence-corrected chi connectivity index (χ1v) is 6.09. The van der Waals surface area contributed by atoms with Crippen LogP contribution in [-0.2, 0) is 4.79 Å². The van der Waals surface area contributed by atoms with Crippen molar-refractivity contribution in [1.29, 1.82) is 0 Å². The lowest BCUT2D eigenvalue weighted by atomic mass is 9.98. The van der Waals surface area contributed by atoms with Crippen LogP contribution < -0.4 is 10.6 Å². The van der Waals surface area contributed by atoms with Crippen LogP contribution in [0.2, 0.25) is 0 Å². The van der Waals surface area contributed by atoms with Crippen LogP contribution in [0.25, 0.3) is 0 Å². The van der Waals surface area contributed by atoms with Crippen LogP contribution in [0.1, 0.15) is 26.7 Å². The lowest BCUT2D eigenvalue weighted by Gasteiger charge is -2.33. The average Bonchev–Trinajstić information content (AvgIpc) is 2.27. The molecule has 0 radical (unpaired) electrons. The fraction of sp³-hybridized carbons (Fsp3) is 0.917. The zero-order chi connectivity index (χ0) is 12.2. The number of carbonyl (C=O) groups excluding carboxylic acids is 1. The second-order valence-corrected chi connectivity index (χ2v) is 5.47. The molecule has 0 spiro atoms. The Morgan fingerprint density at radius 3 is 2.44 bits per heavy atom. The summed E-state index contributed by atoms with van der Waals surface area (Å²) in [5.74, 6) is 0.355. The van der Waals surface area contributed by atoms with Gasteiger partial charge in [-0.1, -0.05) is 0 Å². The Labute approximate surface area is 123 Å². The molecule has 1 fully saturated rings. The van der Waals surface area contributed by atoms with E-state index in [1.807, 2.05) is 14.1 Å². The van der Waals surface area contributed by atoms with E-state index < -0.39 is 0 Å². The van der Waals surface area contributed by atoms with Gasteiger partial charge >= 0.3 is 0 Å². The molecule has 0 aromatic carbocycles. The van der Waals surface area contributed by atoms with E-state index in [0.29, 0.717) is 6.54 Å². The summed E-state index contributed by atoms with van der Waals surface area (Å²) in [7, 11) is 4.07. The van der Waals surface area contributed by atoms with Gasteiger partial charge in [-0.3, -0.25) is 4.79 Å². The Balaban J connectivity index is 0. The van der Waals surface area contributed by atoms with Crippen LogP contribution in [0.4, 0.5) is 0 Å². The lowest BCUT2D eigenvalue weighted by molar-refractivity contribution is -0.126. The molecule has 6 heteroatoms. The number of nitrogens with one attached hydrogen (secondary N) is 2. The molecule has 1 heterocycles. The minimum Gasteiger partial charge on any atom is -0.354 e. The molecule has 18 heavy (non-hydrogen) atoms. The highest BCUT2D eigenvalue weighted by molar-refractivity contribution is 5.85. The van der Waals surface area contributed by atoms with Crippen LogP contribution in [0.3, 0.4) is 0 Å². The van der Waals surface area contributed by atoms with Crippen LogP contribution in [0, 0.1) is 5.92 Å². The zero-order valence-corrected chi connectivity index (χ0v) is 13.4. The first-order valence-electron chi connectivity index (χ1n) is 6.09. The molecule has 2 N–H and O–H groups in total. The SMILES string of the molecule is CN(C)C(C)(C)CNC(=O)C1CCCNC1.Cl.Cl. The third-order valence-corrected chi connectivity index (χ3v) is 3.57. The molecule has 1 aliphatic heterocycles. The monoisotopic (exact) mass is 299 g/mol. The Hall–Kier alpha value is -0.0300. The number of amides is 1. The summed E-state index contributed by atoms with van der Waals surface area (Å²) >= 11 is 0. The van der Waals surface area contributed by atoms with Gasteiger partial charge in [0.25, 0.3) is 0 Å². The maximum Gasteiger partial charge on any atom is 0.224 e. The van der Waals surface area contributed by atoms with Gasteiger partial charge in [-0.15, -0.1) is 24.8 Å². The number of nitrogens with zero attached hydrogens (tertiary/aromatic N) is 1. The summed E-state index contributed by atoms with van der Waals surface area (Å²) in [6, 6.07) is 0. The molecule has 1 amide bonds. The van der Waals surface area contributed by atoms with Crippen molar-refractivity contribution >= 4 is 30.7 Å². The highest BCUT2D eigenvalue weighted by Crippen LogP contribution is 2.12. The second kappa shape index (κ2) is 8.97. The Morgan fingerprint density at radius 2 is 2.00 bits per heavy atom. The first-order chi connectivity index (χ1) is 7.43. The van der Waals surface area contributed by atoms with E-state index in [1.165, 1.54) is 0 Å². The fourth-order valence-corrected chi connectivity index (χ4v) is 1.68. The van der Waals surface area contributed by atoms with Crippen molar-refractivity contribution in [2.45, 2.75) is 32.2 Å². The van der Waals surface area contributed by atoms with Gasteiger partial charge in [-0.05, 0) is 47.3 Å². The standard InChI is InChI=1S/C12H25N3O.2ClH/c1-12(2,15(3)4)9-14-11(16)10-6-5-7-13-8-10;;/h10,13H,5-9H2,1-4H3,(H,14,16);2*1H. The van der Waals surface area contributed by atoms with Gasteiger partial charge in [0.2, 0.25) is 5.91 Å². The molecule has 1 rings (SSSR count). The molecule has 1 unspecified atom stereocenters. The topological polar surface area (TPSA) is 44.4 Å². The van der Waals surface area contributed by atoms with Crippen LogP contribution in [-0.4, -0.2) is 50.1 Å². The Bertz CT molecular complexity index is 241. The normalized spacial score (nSPS) is 19.7. The summed E-state index contributed by atoms with van der Waals surface area (Å²) in [4.78, 5) is 14.0. The molecule has 1 atom stereocenters. The summed E-state index contributed by atoms with van der Waals surface area (Å²) in [5.41, 5.74) is 0.0117. The van der Waals surface area contributed by atoms with Crippen molar-refractivity contribution in [3.8, 4) is 0 Å². The van der Waals surface area contributed by atoms with Gasteiger partial charge in [0.1, 0.15) is 0 Å². The third-order valence-electron chi connectivity index (χ3n) is 3.57. The molecule has 1 aliphatic rings. The Morgan fingerprint density at radius 1 is 1.39 bits per heavy atom. The number of piperidine rings is 1. The van der Waals surface area contributed by atoms with Gasteiger partial charge in [0, 0.05) is 18.6 Å². The van der Waals surface area contributed by atoms with Crippen LogP contribution in [0.15, 0.2) is 0 Å². The fourth-order valence-electron chi connectivity index (χ4n) is 1.68. The minimum atomic E-state index is 0. The van der Waals surface area contributed by atoms with E-state index in [9.17, 15) is 4.79 Å². The van der Waals surface area contributed by atoms with E-state index in [4.69, 9.17) is 0 Å². The molecular weight excluding hydrogens is 273 g/mol. The summed E-state index contributed by atoms with van der Waals surface area (Å²) in [5, 5.41) is 6.32. The highest BCUT2D eigenvalue weighted by atomic mass is 35.5. The number of rotatable bonds is 4. The van der Waals surface area contributed by atoms with E-state index in [1.54, 1.807) is 0 Å². The second-order valence-electron chi connectivity index (χ2n) is 5.47. The summed E-state index contributed by atoms with van der Waals surface area (Å²) < 4.78 is 0. The molecule has 110 valence electrons. The molecular formula is C12H27Cl2N3O. The molecule has 0 aliphatic carbocycles. The largest absolute Gasteiger partial charge is 0.354 e. The summed E-state index contributed by atoms with van der Waals surface area (Å²) in [6.45, 7) is 6.84. The lowest BCUT2D eigenvalue weighted by Crippen LogP contribution is -2.50. The van der Waals surface area contributed by atoms with E-state index in [0.717, 1.165) is 25.9 Å². The quantitative estimate of drug-likeness (QED) is 0.822. The van der Waals surface area contributed by atoms with Gasteiger partial charge in [0.15, 0.2) is 0 Å². The summed E-state index contributed by atoms with van der Waals surface area (Å²) in [6.07, 6.45) is 2.12. The molecule has 0 saturated carbocycles. The van der Waals surface area contributed by atoms with Crippen molar-refractivity contribution in [3.05, 3.63) is 0 Å². The van der Waals surface area contributed by atoms with E-state index in [2.05, 4.69) is 29.4 Å². The number of carbonyl (C=O) groups is 1. The van der Waals surface area contributed by atoms with Crippen molar-refractivity contribution in [2.24, 2.45) is 5.92 Å². The van der Waals surface area contributed by atoms with Gasteiger partial charge < -0.3 is 15.5 Å². The number of hydrogen-bond acceptors (Lipinski definition) is 3. The molecule has 4 nitrogen and oxygen atoms in total. The highest BCUT2D eigenvalue weighted by Gasteiger charge is 2.25. The molecule has 0 aromatic heterocycles. The number of hydrogen-bond donors (Lipinski definition) is 2. The van der Waals surface area contributed by atoms with Gasteiger partial charge in [0.05, 0.1) is 5.92 Å². The average molecular weight is 300 g/mol. The van der Waals surface area contributed by atoms with Crippen molar-refractivity contribution in [3.63, 3.8) is 0 Å². The third kappa shape index (κ3) is 6.23. The number of halogens is 2. The number of likely N-dealkylation sites (N-methyl/N-ethyl adjacent to an activating group) is 1. The molecule has 0 aromatic rings. The van der Waals surface area contributed by atoms with E-state index >= 15 is 0 Å². The Kier molecular flexibility index (Phi) is 10.1. The van der Waals surface area contributed by atoms with E-state index in [-0.39, 0.29) is 42.2 Å². The first kappa shape index (κ1) is 20.3. The molecule has 1 saturated heterocycles. The van der Waals surface area contributed by atoms with Crippen LogP contribution in [0.5, 0.6) is 0 Å². The minimum absolute atomic E-state index is 0. The van der Waals surface area contributed by atoms with Crippen molar-refractivity contribution in [1.82, 2.24) is 15.5 Å². The predicted molar refractivity (Wildman–Crippen MR) is 80.9 cm³/mol. The van der Waals surface area contributed by atoms with Gasteiger partial charge in [-0.2, -0.15) is 0 Å². The van der Waals surface area contributed by atoms with Crippen molar-refractivity contribution < 1.29 is 4.79 Å². The maximum absolute atomic E-state index is 11.9. The predicted octanol–water partition coefficient (Wildman–Crippen LogP) is 1.29. The zero-order valence-electron chi connectivity index (χ0n) is 11.8. The maximum atomic E-state index is 11.9. The smallest absolute Gasteiger partial charge is 0.224 e. The molecule has 0 bridgehead atoms.